The van der Waals surface area contributed by atoms with Crippen LogP contribution in [0, 0.1) is 5.41 Å². The van der Waals surface area contributed by atoms with Crippen molar-refractivity contribution in [1.29, 1.82) is 0 Å². The number of hydrogen-bond donors (Lipinski definition) is 2. The van der Waals surface area contributed by atoms with Crippen LogP contribution in [0.15, 0.2) is 0 Å². The Kier molecular flexibility index (Phi) is 2.46. The van der Waals surface area contributed by atoms with Crippen LogP contribution >= 0.6 is 0 Å². The summed E-state index contributed by atoms with van der Waals surface area (Å²) in [5.41, 5.74) is 7.48. The van der Waals surface area contributed by atoms with Crippen molar-refractivity contribution in [2.45, 2.75) is 19.3 Å². The first kappa shape index (κ1) is 8.49. The molecule has 0 unspecified atom stereocenters. The van der Waals surface area contributed by atoms with Crippen LogP contribution in [-0.2, 0) is 9.63 Å². The van der Waals surface area contributed by atoms with Gasteiger partial charge in [-0.05, 0) is 12.8 Å². The van der Waals surface area contributed by atoms with Crippen LogP contribution in [0.5, 0.6) is 0 Å². The molecule has 3 N–H and O–H groups in total. The van der Waals surface area contributed by atoms with Crippen LogP contribution in [0.2, 0.25) is 0 Å². The van der Waals surface area contributed by atoms with Crippen LogP contribution < -0.4 is 11.2 Å². The number of nitrogens with two attached hydrogens (primary N) is 1. The van der Waals surface area contributed by atoms with Crippen molar-refractivity contribution < 1.29 is 9.63 Å². The molecular formula is C7H14N2O2. The predicted molar refractivity (Wildman–Crippen MR) is 40.5 cm³/mol. The van der Waals surface area contributed by atoms with Crippen LogP contribution in [0.25, 0.3) is 0 Å². The first-order chi connectivity index (χ1) is 5.25. The molecule has 0 heterocycles. The molecule has 0 spiro atoms. The summed E-state index contributed by atoms with van der Waals surface area (Å²) in [4.78, 5) is 15.8. The average molecular weight is 158 g/mol. The molecule has 64 valence electrons. The van der Waals surface area contributed by atoms with Crippen molar-refractivity contribution in [3.8, 4) is 0 Å². The number of hydroxylamine groups is 1. The largest absolute Gasteiger partial charge is 0.329 e. The van der Waals surface area contributed by atoms with Gasteiger partial charge in [0.25, 0.3) is 5.91 Å². The highest BCUT2D eigenvalue weighted by molar-refractivity contribution is 5.82. The summed E-state index contributed by atoms with van der Waals surface area (Å²) in [6.07, 6.45) is 2.87. The fraction of sp³-hybridized carbons (Fsp3) is 0.857. The Bertz CT molecular complexity index is 149. The molecule has 0 bridgehead atoms. The molecule has 0 aliphatic heterocycles. The molecule has 1 saturated carbocycles. The molecule has 0 aromatic carbocycles. The fourth-order valence-electron chi connectivity index (χ4n) is 1.33. The molecule has 0 atom stereocenters. The van der Waals surface area contributed by atoms with Gasteiger partial charge in [-0.25, -0.2) is 5.48 Å². The Morgan fingerprint density at radius 2 is 2.36 bits per heavy atom. The van der Waals surface area contributed by atoms with E-state index in [2.05, 4.69) is 10.3 Å². The number of carbonyl (C=O) groups is 1. The third-order valence-corrected chi connectivity index (χ3v) is 2.38. The smallest absolute Gasteiger partial charge is 0.251 e. The topological polar surface area (TPSA) is 64.3 Å². The highest BCUT2D eigenvalue weighted by atomic mass is 16.6. The minimum atomic E-state index is -0.323. The molecule has 1 fully saturated rings. The molecule has 1 amide bonds. The summed E-state index contributed by atoms with van der Waals surface area (Å²) in [7, 11) is 1.43. The summed E-state index contributed by atoms with van der Waals surface area (Å²) < 4.78 is 0. The third kappa shape index (κ3) is 1.36. The Balaban J connectivity index is 2.47. The van der Waals surface area contributed by atoms with Crippen molar-refractivity contribution in [3.05, 3.63) is 0 Å². The molecule has 1 aliphatic rings. The van der Waals surface area contributed by atoms with Crippen LogP contribution in [-0.4, -0.2) is 19.6 Å². The molecular weight excluding hydrogens is 144 g/mol. The van der Waals surface area contributed by atoms with Gasteiger partial charge < -0.3 is 5.73 Å². The number of hydrogen-bond acceptors (Lipinski definition) is 3. The lowest BCUT2D eigenvalue weighted by Gasteiger charge is -2.38. The molecule has 0 aromatic rings. The van der Waals surface area contributed by atoms with Gasteiger partial charge in [-0.3, -0.25) is 9.63 Å². The van der Waals surface area contributed by atoms with E-state index in [1.54, 1.807) is 0 Å². The van der Waals surface area contributed by atoms with Crippen LogP contribution in [0.1, 0.15) is 19.3 Å². The zero-order valence-electron chi connectivity index (χ0n) is 6.72. The van der Waals surface area contributed by atoms with Gasteiger partial charge in [0, 0.05) is 6.54 Å². The first-order valence-electron chi connectivity index (χ1n) is 3.79. The van der Waals surface area contributed by atoms with Gasteiger partial charge in [-0.2, -0.15) is 0 Å². The number of nitrogens with one attached hydrogen (secondary N) is 1. The van der Waals surface area contributed by atoms with Crippen molar-refractivity contribution in [3.63, 3.8) is 0 Å². The first-order valence-corrected chi connectivity index (χ1v) is 3.79. The molecule has 0 aromatic heterocycles. The summed E-state index contributed by atoms with van der Waals surface area (Å²) in [6, 6.07) is 0. The molecule has 11 heavy (non-hydrogen) atoms. The van der Waals surface area contributed by atoms with Gasteiger partial charge in [-0.15, -0.1) is 0 Å². The second kappa shape index (κ2) is 3.19. The molecule has 4 heteroatoms. The molecule has 1 aliphatic carbocycles. The van der Waals surface area contributed by atoms with Gasteiger partial charge in [0.05, 0.1) is 12.5 Å². The zero-order valence-corrected chi connectivity index (χ0v) is 6.72. The maximum absolute atomic E-state index is 11.3. The number of carbonyl (C=O) groups excluding carboxylic acids is 1. The lowest BCUT2D eigenvalue weighted by molar-refractivity contribution is -0.146. The van der Waals surface area contributed by atoms with Crippen molar-refractivity contribution in [2.75, 3.05) is 13.7 Å². The third-order valence-electron chi connectivity index (χ3n) is 2.38. The van der Waals surface area contributed by atoms with Crippen molar-refractivity contribution in [2.24, 2.45) is 11.1 Å². The standard InChI is InChI=1S/C7H14N2O2/c1-11-9-6(10)7(5-8)3-2-4-7/h2-5,8H2,1H3,(H,9,10). The fourth-order valence-corrected chi connectivity index (χ4v) is 1.33. The maximum atomic E-state index is 11.3. The van der Waals surface area contributed by atoms with E-state index in [0.717, 1.165) is 19.3 Å². The Labute approximate surface area is 66.0 Å². The minimum Gasteiger partial charge on any atom is -0.329 e. The second-order valence-corrected chi connectivity index (χ2v) is 2.97. The Morgan fingerprint density at radius 3 is 2.64 bits per heavy atom. The van der Waals surface area contributed by atoms with Crippen molar-refractivity contribution in [1.82, 2.24) is 5.48 Å². The molecule has 0 saturated heterocycles. The highest BCUT2D eigenvalue weighted by Gasteiger charge is 2.42. The van der Waals surface area contributed by atoms with E-state index in [9.17, 15) is 4.79 Å². The van der Waals surface area contributed by atoms with Crippen LogP contribution in [0.3, 0.4) is 0 Å². The summed E-state index contributed by atoms with van der Waals surface area (Å²) >= 11 is 0. The van der Waals surface area contributed by atoms with E-state index < -0.39 is 0 Å². The van der Waals surface area contributed by atoms with E-state index in [4.69, 9.17) is 5.73 Å². The van der Waals surface area contributed by atoms with Gasteiger partial charge >= 0.3 is 0 Å². The van der Waals surface area contributed by atoms with E-state index in [1.165, 1.54) is 7.11 Å². The van der Waals surface area contributed by atoms with Crippen LogP contribution in [0.4, 0.5) is 0 Å². The van der Waals surface area contributed by atoms with Gasteiger partial charge in [0.1, 0.15) is 0 Å². The monoisotopic (exact) mass is 158 g/mol. The Hall–Kier alpha value is -0.610. The molecule has 1 rings (SSSR count). The quantitative estimate of drug-likeness (QED) is 0.559. The van der Waals surface area contributed by atoms with E-state index >= 15 is 0 Å². The molecule has 4 nitrogen and oxygen atoms in total. The van der Waals surface area contributed by atoms with Gasteiger partial charge in [-0.1, -0.05) is 6.42 Å². The lowest BCUT2D eigenvalue weighted by atomic mass is 9.68. The zero-order chi connectivity index (χ0) is 8.32. The summed E-state index contributed by atoms with van der Waals surface area (Å²) in [5.74, 6) is -0.0752. The Morgan fingerprint density at radius 1 is 1.73 bits per heavy atom. The second-order valence-electron chi connectivity index (χ2n) is 2.97. The summed E-state index contributed by atoms with van der Waals surface area (Å²) in [6.45, 7) is 0.419. The number of amides is 1. The van der Waals surface area contributed by atoms with E-state index in [1.807, 2.05) is 0 Å². The minimum absolute atomic E-state index is 0.0752. The van der Waals surface area contributed by atoms with Gasteiger partial charge in [0.2, 0.25) is 0 Å². The van der Waals surface area contributed by atoms with Crippen molar-refractivity contribution >= 4 is 5.91 Å². The predicted octanol–water partition coefficient (Wildman–Crippen LogP) is -0.207. The molecule has 0 radical (unpaired) electrons. The maximum Gasteiger partial charge on any atom is 0.251 e. The van der Waals surface area contributed by atoms with Gasteiger partial charge in [0.15, 0.2) is 0 Å². The SMILES string of the molecule is CONC(=O)C1(CN)CCC1. The van der Waals surface area contributed by atoms with E-state index in [0.29, 0.717) is 6.54 Å². The summed E-state index contributed by atoms with van der Waals surface area (Å²) in [5, 5.41) is 0. The number of rotatable bonds is 3. The van der Waals surface area contributed by atoms with E-state index in [-0.39, 0.29) is 11.3 Å². The lowest BCUT2D eigenvalue weighted by Crippen LogP contribution is -2.50. The normalized spacial score (nSPS) is 20.5. The average Bonchev–Trinajstić information content (AvgIpc) is 1.87. The highest BCUT2D eigenvalue weighted by Crippen LogP contribution is 2.39.